The third-order valence-electron chi connectivity index (χ3n) is 11.0. The fourth-order valence-corrected chi connectivity index (χ4v) is 8.64. The summed E-state index contributed by atoms with van der Waals surface area (Å²) in [6, 6.07) is 22.6. The van der Waals surface area contributed by atoms with E-state index in [4.69, 9.17) is 37.8 Å². The van der Waals surface area contributed by atoms with Crippen LogP contribution in [-0.2, 0) is 20.1 Å². The van der Waals surface area contributed by atoms with Crippen molar-refractivity contribution in [1.82, 2.24) is 19.3 Å². The Morgan fingerprint density at radius 1 is 0.947 bits per heavy atom. The van der Waals surface area contributed by atoms with Crippen molar-refractivity contribution in [2.75, 3.05) is 18.1 Å². The molecule has 0 bridgehead atoms. The molecule has 7 aromatic rings. The lowest BCUT2D eigenvalue weighted by Crippen LogP contribution is -2.42. The van der Waals surface area contributed by atoms with E-state index in [-0.39, 0.29) is 17.6 Å². The number of rotatable bonds is 11. The van der Waals surface area contributed by atoms with E-state index in [1.54, 1.807) is 11.0 Å². The predicted octanol–water partition coefficient (Wildman–Crippen LogP) is 10.6. The highest BCUT2D eigenvalue weighted by Gasteiger charge is 2.38. The van der Waals surface area contributed by atoms with E-state index < -0.39 is 5.97 Å². The Balaban J connectivity index is 1.26. The molecule has 0 saturated carbocycles. The van der Waals surface area contributed by atoms with Crippen LogP contribution in [0.5, 0.6) is 11.5 Å². The highest BCUT2D eigenvalue weighted by molar-refractivity contribution is 6.35. The SMILES string of the molecule is Cc1cc(OCCCc2c3n(c4c(-c5c(C)nn(C)c5C)c(Cl)ccc24)[C@H](C)CN(c2cc(OCc4ccccc4)cc4cc(C(=O)O)[nH]c24)C3=O)cc(C)c1Cl. The number of aryl methyl sites for hydroxylation is 5. The minimum atomic E-state index is -1.10. The minimum Gasteiger partial charge on any atom is -0.494 e. The van der Waals surface area contributed by atoms with Crippen LogP contribution < -0.4 is 14.4 Å². The maximum absolute atomic E-state index is 15.3. The average molecular weight is 805 g/mol. The average Bonchev–Trinajstić information content (AvgIpc) is 3.84. The summed E-state index contributed by atoms with van der Waals surface area (Å²) in [5.41, 5.74) is 9.90. The number of aromatic nitrogens is 4. The number of amides is 1. The predicted molar refractivity (Wildman–Crippen MR) is 226 cm³/mol. The lowest BCUT2D eigenvalue weighted by atomic mass is 9.98. The Hall–Kier alpha value is -5.71. The van der Waals surface area contributed by atoms with Crippen LogP contribution in [0, 0.1) is 27.7 Å². The number of hydrogen-bond donors (Lipinski definition) is 2. The molecule has 4 aromatic carbocycles. The van der Waals surface area contributed by atoms with Gasteiger partial charge < -0.3 is 29.0 Å². The summed E-state index contributed by atoms with van der Waals surface area (Å²) in [6.45, 7) is 11.1. The van der Waals surface area contributed by atoms with Gasteiger partial charge in [-0.2, -0.15) is 5.10 Å². The Morgan fingerprint density at radius 3 is 2.35 bits per heavy atom. The molecule has 0 aliphatic carbocycles. The first kappa shape index (κ1) is 38.2. The molecule has 1 aliphatic heterocycles. The maximum atomic E-state index is 15.3. The molecule has 2 N–H and O–H groups in total. The van der Waals surface area contributed by atoms with Crippen LogP contribution in [0.3, 0.4) is 0 Å². The standard InChI is InChI=1S/C45H43Cl2N5O5/c1-24-17-31(18-25(2)40(24)47)56-16-10-13-33-34-14-15-35(46)39(38-27(4)49-50(6)28(38)5)42(34)52-26(3)22-51(44(53)43(33)52)37-21-32(57-23-29-11-8-7-9-12-29)19-30-20-36(45(54)55)48-41(30)37/h7-9,11-12,14-15,17-21,26,48H,10,13,16,22-23H2,1-6H3,(H,54,55)/t26-/m1/s1. The molecule has 0 unspecified atom stereocenters. The van der Waals surface area contributed by atoms with Crippen molar-refractivity contribution in [1.29, 1.82) is 0 Å². The number of ether oxygens (including phenoxy) is 2. The third kappa shape index (κ3) is 6.80. The van der Waals surface area contributed by atoms with Crippen LogP contribution in [0.1, 0.15) is 74.0 Å². The van der Waals surface area contributed by atoms with Crippen LogP contribution in [0.15, 0.2) is 72.8 Å². The minimum absolute atomic E-state index is 0.0198. The molecule has 12 heteroatoms. The van der Waals surface area contributed by atoms with Gasteiger partial charge in [-0.1, -0.05) is 59.6 Å². The summed E-state index contributed by atoms with van der Waals surface area (Å²) in [7, 11) is 1.92. The van der Waals surface area contributed by atoms with E-state index in [0.717, 1.165) is 66.4 Å². The van der Waals surface area contributed by atoms with E-state index in [1.807, 2.05) is 106 Å². The normalized spacial score (nSPS) is 14.1. The Bertz CT molecular complexity index is 2710. The first-order chi connectivity index (χ1) is 27.3. The number of carbonyl (C=O) groups is 2. The Labute approximate surface area is 340 Å². The zero-order valence-corrected chi connectivity index (χ0v) is 34.2. The van der Waals surface area contributed by atoms with E-state index in [2.05, 4.69) is 16.5 Å². The second kappa shape index (κ2) is 15.0. The number of H-pyrrole nitrogens is 1. The third-order valence-corrected chi connectivity index (χ3v) is 11.9. The van der Waals surface area contributed by atoms with Gasteiger partial charge in [-0.15, -0.1) is 0 Å². The van der Waals surface area contributed by atoms with Gasteiger partial charge in [0.1, 0.15) is 29.5 Å². The van der Waals surface area contributed by atoms with Gasteiger partial charge in [-0.05, 0) is 100 Å². The number of hydrogen-bond acceptors (Lipinski definition) is 5. The molecule has 1 atom stereocenters. The molecule has 0 radical (unpaired) electrons. The Morgan fingerprint density at radius 2 is 1.67 bits per heavy atom. The summed E-state index contributed by atoms with van der Waals surface area (Å²) >= 11 is 13.6. The molecule has 3 aromatic heterocycles. The molecule has 4 heterocycles. The lowest BCUT2D eigenvalue weighted by molar-refractivity contribution is 0.0691. The number of aromatic carboxylic acids is 1. The monoisotopic (exact) mass is 803 g/mol. The molecule has 1 aliphatic rings. The second-order valence-corrected chi connectivity index (χ2v) is 15.7. The van der Waals surface area contributed by atoms with Crippen molar-refractivity contribution in [3.63, 3.8) is 0 Å². The van der Waals surface area contributed by atoms with Crippen molar-refractivity contribution in [3.8, 4) is 22.6 Å². The lowest BCUT2D eigenvalue weighted by Gasteiger charge is -2.34. The van der Waals surface area contributed by atoms with Crippen LogP contribution >= 0.6 is 23.2 Å². The molecular weight excluding hydrogens is 761 g/mol. The van der Waals surface area contributed by atoms with Crippen LogP contribution in [0.25, 0.3) is 32.9 Å². The van der Waals surface area contributed by atoms with Gasteiger partial charge in [0.2, 0.25) is 0 Å². The number of fused-ring (bicyclic) bond motifs is 4. The molecule has 292 valence electrons. The molecule has 0 saturated heterocycles. The molecule has 1 amide bonds. The number of nitrogens with zero attached hydrogens (tertiary/aromatic N) is 4. The topological polar surface area (TPSA) is 115 Å². The smallest absolute Gasteiger partial charge is 0.352 e. The molecule has 57 heavy (non-hydrogen) atoms. The first-order valence-electron chi connectivity index (χ1n) is 19.0. The van der Waals surface area contributed by atoms with Gasteiger partial charge in [-0.3, -0.25) is 9.48 Å². The van der Waals surface area contributed by atoms with Gasteiger partial charge in [-0.25, -0.2) is 4.79 Å². The van der Waals surface area contributed by atoms with Crippen molar-refractivity contribution in [3.05, 3.63) is 128 Å². The number of carboxylic acids is 1. The number of carbonyl (C=O) groups excluding carboxylic acids is 1. The number of halogens is 2. The molecule has 10 nitrogen and oxygen atoms in total. The van der Waals surface area contributed by atoms with Crippen molar-refractivity contribution in [2.24, 2.45) is 7.05 Å². The fourth-order valence-electron chi connectivity index (χ4n) is 8.29. The molecule has 0 fully saturated rings. The van der Waals surface area contributed by atoms with E-state index in [1.165, 1.54) is 0 Å². The zero-order chi connectivity index (χ0) is 40.3. The van der Waals surface area contributed by atoms with Crippen LogP contribution in [0.2, 0.25) is 10.0 Å². The fraction of sp³-hybridized carbons (Fsp3) is 0.267. The van der Waals surface area contributed by atoms with Gasteiger partial charge in [0.25, 0.3) is 5.91 Å². The van der Waals surface area contributed by atoms with E-state index >= 15 is 4.79 Å². The molecule has 8 rings (SSSR count). The van der Waals surface area contributed by atoms with Crippen molar-refractivity contribution in [2.45, 2.75) is 60.1 Å². The Kier molecular flexibility index (Phi) is 10.0. The number of carboxylic acid groups (broad SMARTS) is 1. The zero-order valence-electron chi connectivity index (χ0n) is 32.7. The van der Waals surface area contributed by atoms with Crippen LogP contribution in [0.4, 0.5) is 5.69 Å². The van der Waals surface area contributed by atoms with Crippen molar-refractivity contribution < 1.29 is 24.2 Å². The maximum Gasteiger partial charge on any atom is 0.352 e. The number of nitrogens with one attached hydrogen (secondary N) is 1. The summed E-state index contributed by atoms with van der Waals surface area (Å²) in [6.07, 6.45) is 1.17. The van der Waals surface area contributed by atoms with E-state index in [9.17, 15) is 9.90 Å². The summed E-state index contributed by atoms with van der Waals surface area (Å²) < 4.78 is 16.5. The van der Waals surface area contributed by atoms with E-state index in [0.29, 0.717) is 65.7 Å². The van der Waals surface area contributed by atoms with Crippen LogP contribution in [-0.4, -0.2) is 49.5 Å². The van der Waals surface area contributed by atoms with Gasteiger partial charge in [0, 0.05) is 58.3 Å². The molecular formula is C45H43Cl2N5O5. The van der Waals surface area contributed by atoms with Crippen molar-refractivity contribution >= 4 is 62.6 Å². The highest BCUT2D eigenvalue weighted by atomic mass is 35.5. The second-order valence-electron chi connectivity index (χ2n) is 14.9. The van der Waals surface area contributed by atoms with Gasteiger partial charge in [0.05, 0.1) is 34.0 Å². The number of anilines is 1. The summed E-state index contributed by atoms with van der Waals surface area (Å²) in [5.74, 6) is -0.0405. The van der Waals surface area contributed by atoms with Gasteiger partial charge in [0.15, 0.2) is 0 Å². The number of aromatic amines is 1. The van der Waals surface area contributed by atoms with Gasteiger partial charge >= 0.3 is 5.97 Å². The first-order valence-corrected chi connectivity index (χ1v) is 19.7. The molecule has 0 spiro atoms. The summed E-state index contributed by atoms with van der Waals surface area (Å²) in [4.78, 5) is 32.3. The largest absolute Gasteiger partial charge is 0.494 e. The quantitative estimate of drug-likeness (QED) is 0.126. The highest BCUT2D eigenvalue weighted by Crippen LogP contribution is 2.46. The number of benzene rings is 4. The summed E-state index contributed by atoms with van der Waals surface area (Å²) in [5, 5.41) is 17.6.